The second kappa shape index (κ2) is 7.92. The van der Waals surface area contributed by atoms with E-state index in [4.69, 9.17) is 9.47 Å². The number of aryl methyl sites for hydroxylation is 1. The lowest BCUT2D eigenvalue weighted by Crippen LogP contribution is -2.15. The maximum atomic E-state index is 12.8. The van der Waals surface area contributed by atoms with E-state index in [9.17, 15) is 4.79 Å². The van der Waals surface area contributed by atoms with Crippen LogP contribution < -0.4 is 14.8 Å². The lowest BCUT2D eigenvalue weighted by atomic mass is 10.2. The van der Waals surface area contributed by atoms with E-state index < -0.39 is 0 Å². The number of amides is 1. The molecule has 2 heterocycles. The molecule has 0 saturated carbocycles. The van der Waals surface area contributed by atoms with E-state index in [1.54, 1.807) is 30.0 Å². The van der Waals surface area contributed by atoms with Gasteiger partial charge >= 0.3 is 0 Å². The summed E-state index contributed by atoms with van der Waals surface area (Å²) in [6.45, 7) is 4.32. The first-order valence-corrected chi connectivity index (χ1v) is 9.95. The zero-order valence-corrected chi connectivity index (χ0v) is 17.1. The first-order chi connectivity index (χ1) is 14.1. The quantitative estimate of drug-likeness (QED) is 0.510. The summed E-state index contributed by atoms with van der Waals surface area (Å²) < 4.78 is 13.4. The van der Waals surface area contributed by atoms with E-state index in [0.717, 1.165) is 21.7 Å². The molecule has 1 amide bonds. The van der Waals surface area contributed by atoms with Crippen LogP contribution in [0.4, 0.5) is 5.82 Å². The second-order valence-corrected chi connectivity index (χ2v) is 7.34. The SMILES string of the molecule is CCOc1cccc(C(=O)Nc2cc(C)nn2-c2nc3ccc(OC)cc3s2)c1. The Balaban J connectivity index is 1.65. The summed E-state index contributed by atoms with van der Waals surface area (Å²) in [5.74, 6) is 1.74. The molecule has 0 spiro atoms. The van der Waals surface area contributed by atoms with Crippen molar-refractivity contribution in [2.75, 3.05) is 19.0 Å². The van der Waals surface area contributed by atoms with Crippen molar-refractivity contribution in [1.29, 1.82) is 0 Å². The second-order valence-electron chi connectivity index (χ2n) is 6.33. The van der Waals surface area contributed by atoms with E-state index in [0.29, 0.717) is 28.9 Å². The smallest absolute Gasteiger partial charge is 0.256 e. The van der Waals surface area contributed by atoms with Gasteiger partial charge in [0.25, 0.3) is 5.91 Å². The van der Waals surface area contributed by atoms with Gasteiger partial charge in [-0.2, -0.15) is 9.78 Å². The Labute approximate surface area is 171 Å². The maximum absolute atomic E-state index is 12.8. The van der Waals surface area contributed by atoms with Crippen molar-refractivity contribution in [2.24, 2.45) is 0 Å². The van der Waals surface area contributed by atoms with Gasteiger partial charge in [-0.1, -0.05) is 17.4 Å². The normalized spacial score (nSPS) is 10.9. The van der Waals surface area contributed by atoms with Crippen molar-refractivity contribution in [3.8, 4) is 16.6 Å². The van der Waals surface area contributed by atoms with Gasteiger partial charge in [0.05, 0.1) is 29.6 Å². The van der Waals surface area contributed by atoms with Gasteiger partial charge in [0, 0.05) is 11.6 Å². The fourth-order valence-electron chi connectivity index (χ4n) is 2.93. The summed E-state index contributed by atoms with van der Waals surface area (Å²) in [7, 11) is 1.63. The zero-order valence-electron chi connectivity index (χ0n) is 16.3. The van der Waals surface area contributed by atoms with Crippen LogP contribution in [0.1, 0.15) is 23.0 Å². The summed E-state index contributed by atoms with van der Waals surface area (Å²) >= 11 is 1.48. The minimum atomic E-state index is -0.240. The topological polar surface area (TPSA) is 78.3 Å². The molecule has 0 saturated heterocycles. The molecule has 0 radical (unpaired) electrons. The van der Waals surface area contributed by atoms with Crippen LogP contribution in [-0.4, -0.2) is 34.4 Å². The number of rotatable bonds is 6. The number of carbonyl (C=O) groups is 1. The summed E-state index contributed by atoms with van der Waals surface area (Å²) in [4.78, 5) is 17.4. The summed E-state index contributed by atoms with van der Waals surface area (Å²) in [6, 6.07) is 14.6. The molecular weight excluding hydrogens is 388 g/mol. The third-order valence-corrected chi connectivity index (χ3v) is 5.24. The highest BCUT2D eigenvalue weighted by Gasteiger charge is 2.16. The molecular formula is C21H20N4O3S. The van der Waals surface area contributed by atoms with Crippen molar-refractivity contribution in [1.82, 2.24) is 14.8 Å². The molecule has 29 heavy (non-hydrogen) atoms. The Morgan fingerprint density at radius 1 is 1.17 bits per heavy atom. The number of hydrogen-bond donors (Lipinski definition) is 1. The minimum Gasteiger partial charge on any atom is -0.497 e. The van der Waals surface area contributed by atoms with E-state index in [-0.39, 0.29) is 5.91 Å². The number of anilines is 1. The summed E-state index contributed by atoms with van der Waals surface area (Å²) in [6.07, 6.45) is 0. The highest BCUT2D eigenvalue weighted by molar-refractivity contribution is 7.20. The minimum absolute atomic E-state index is 0.240. The maximum Gasteiger partial charge on any atom is 0.256 e. The third kappa shape index (κ3) is 3.93. The van der Waals surface area contributed by atoms with Crippen LogP contribution in [-0.2, 0) is 0 Å². The molecule has 0 unspecified atom stereocenters. The number of benzene rings is 2. The molecule has 0 atom stereocenters. The molecule has 0 aliphatic heterocycles. The predicted octanol–water partition coefficient (Wildman–Crippen LogP) is 4.45. The monoisotopic (exact) mass is 408 g/mol. The lowest BCUT2D eigenvalue weighted by molar-refractivity contribution is 0.102. The molecule has 1 N–H and O–H groups in total. The Morgan fingerprint density at radius 3 is 2.83 bits per heavy atom. The van der Waals surface area contributed by atoms with Gasteiger partial charge in [-0.3, -0.25) is 4.79 Å². The summed E-state index contributed by atoms with van der Waals surface area (Å²) in [5, 5.41) is 8.10. The number of nitrogens with one attached hydrogen (secondary N) is 1. The zero-order chi connectivity index (χ0) is 20.4. The number of aromatic nitrogens is 3. The molecule has 0 aliphatic carbocycles. The molecule has 4 aromatic rings. The van der Waals surface area contributed by atoms with Crippen LogP contribution in [0.25, 0.3) is 15.3 Å². The Bertz CT molecular complexity index is 1180. The molecule has 7 nitrogen and oxygen atoms in total. The van der Waals surface area contributed by atoms with Crippen LogP contribution in [0.5, 0.6) is 11.5 Å². The van der Waals surface area contributed by atoms with Gasteiger partial charge < -0.3 is 14.8 Å². The third-order valence-electron chi connectivity index (χ3n) is 4.25. The van der Waals surface area contributed by atoms with Crippen LogP contribution in [0.2, 0.25) is 0 Å². The highest BCUT2D eigenvalue weighted by atomic mass is 32.1. The number of carbonyl (C=O) groups excluding carboxylic acids is 1. The van der Waals surface area contributed by atoms with Gasteiger partial charge in [0.1, 0.15) is 17.3 Å². The Morgan fingerprint density at radius 2 is 2.03 bits per heavy atom. The van der Waals surface area contributed by atoms with E-state index >= 15 is 0 Å². The molecule has 2 aromatic heterocycles. The van der Waals surface area contributed by atoms with Crippen molar-refractivity contribution in [2.45, 2.75) is 13.8 Å². The number of thiazole rings is 1. The Hall–Kier alpha value is -3.39. The lowest BCUT2D eigenvalue weighted by Gasteiger charge is -2.08. The first kappa shape index (κ1) is 18.9. The van der Waals surface area contributed by atoms with Crippen LogP contribution in [0, 0.1) is 6.92 Å². The first-order valence-electron chi connectivity index (χ1n) is 9.13. The van der Waals surface area contributed by atoms with Crippen molar-refractivity contribution >= 4 is 33.3 Å². The van der Waals surface area contributed by atoms with Crippen molar-refractivity contribution in [3.63, 3.8) is 0 Å². The number of fused-ring (bicyclic) bond motifs is 1. The van der Waals surface area contributed by atoms with E-state index in [2.05, 4.69) is 15.4 Å². The van der Waals surface area contributed by atoms with E-state index in [1.165, 1.54) is 11.3 Å². The number of nitrogens with zero attached hydrogens (tertiary/aromatic N) is 3. The molecule has 0 bridgehead atoms. The van der Waals surface area contributed by atoms with Crippen LogP contribution in [0.3, 0.4) is 0 Å². The molecule has 0 aliphatic rings. The van der Waals surface area contributed by atoms with Gasteiger partial charge in [-0.05, 0) is 50.2 Å². The van der Waals surface area contributed by atoms with Gasteiger partial charge in [0.2, 0.25) is 5.13 Å². The molecule has 148 valence electrons. The van der Waals surface area contributed by atoms with Gasteiger partial charge in [-0.15, -0.1) is 0 Å². The Kier molecular flexibility index (Phi) is 5.18. The van der Waals surface area contributed by atoms with Crippen LogP contribution in [0.15, 0.2) is 48.5 Å². The highest BCUT2D eigenvalue weighted by Crippen LogP contribution is 2.30. The standard InChI is InChI=1S/C21H20N4O3S/c1-4-28-16-7-5-6-14(11-16)20(26)23-19-10-13(2)24-25(19)21-22-17-9-8-15(27-3)12-18(17)29-21/h5-12H,4H2,1-3H3,(H,23,26). The molecule has 8 heteroatoms. The summed E-state index contributed by atoms with van der Waals surface area (Å²) in [5.41, 5.74) is 2.14. The van der Waals surface area contributed by atoms with E-state index in [1.807, 2.05) is 44.2 Å². The van der Waals surface area contributed by atoms with Crippen molar-refractivity contribution < 1.29 is 14.3 Å². The molecule has 2 aromatic carbocycles. The fraction of sp³-hybridized carbons (Fsp3) is 0.190. The van der Waals surface area contributed by atoms with Crippen LogP contribution >= 0.6 is 11.3 Å². The van der Waals surface area contributed by atoms with Gasteiger partial charge in [-0.25, -0.2) is 4.98 Å². The largest absolute Gasteiger partial charge is 0.497 e. The van der Waals surface area contributed by atoms with Crippen molar-refractivity contribution in [3.05, 3.63) is 59.8 Å². The molecule has 0 fully saturated rings. The average molecular weight is 408 g/mol. The predicted molar refractivity (Wildman–Crippen MR) is 114 cm³/mol. The molecule has 4 rings (SSSR count). The average Bonchev–Trinajstić information content (AvgIpc) is 3.30. The number of methoxy groups -OCH3 is 1. The number of ether oxygens (including phenoxy) is 2. The van der Waals surface area contributed by atoms with Gasteiger partial charge in [0.15, 0.2) is 0 Å². The number of hydrogen-bond acceptors (Lipinski definition) is 6. The fourth-order valence-corrected chi connectivity index (χ4v) is 3.89.